The third kappa shape index (κ3) is 5.02. The summed E-state index contributed by atoms with van der Waals surface area (Å²) in [5, 5.41) is 3.91. The molecule has 1 aliphatic rings. The van der Waals surface area contributed by atoms with Crippen molar-refractivity contribution in [2.75, 3.05) is 11.9 Å². The molecule has 1 aromatic carbocycles. The Kier molecular flexibility index (Phi) is 7.60. The Labute approximate surface area is 230 Å². The molecular weight excluding hydrogens is 574 g/mol. The van der Waals surface area contributed by atoms with Crippen molar-refractivity contribution in [3.8, 4) is 11.1 Å². The van der Waals surface area contributed by atoms with Crippen molar-refractivity contribution in [1.29, 1.82) is 0 Å². The van der Waals surface area contributed by atoms with Crippen molar-refractivity contribution in [1.82, 2.24) is 9.55 Å². The SMILES string of the molecule is CCOC(=O)c1c(NC(=O)Cn2cnc3sc(CC)c(-c4ccc(Br)cc4)c3c2=O)sc2c1CCCC2. The Morgan fingerprint density at radius 3 is 2.62 bits per heavy atom. The van der Waals surface area contributed by atoms with Gasteiger partial charge in [-0.1, -0.05) is 35.0 Å². The van der Waals surface area contributed by atoms with Crippen molar-refractivity contribution >= 4 is 65.7 Å². The molecular formula is C27H26BrN3O4S2. The molecule has 1 aliphatic carbocycles. The van der Waals surface area contributed by atoms with E-state index in [0.717, 1.165) is 63.0 Å². The largest absolute Gasteiger partial charge is 0.462 e. The number of halogens is 1. The molecule has 4 aromatic rings. The Hall–Kier alpha value is -2.82. The van der Waals surface area contributed by atoms with Gasteiger partial charge in [0.15, 0.2) is 0 Å². The van der Waals surface area contributed by atoms with Gasteiger partial charge in [-0.15, -0.1) is 22.7 Å². The van der Waals surface area contributed by atoms with E-state index in [4.69, 9.17) is 4.74 Å². The van der Waals surface area contributed by atoms with E-state index in [9.17, 15) is 14.4 Å². The number of carbonyl (C=O) groups is 2. The zero-order valence-corrected chi connectivity index (χ0v) is 23.8. The van der Waals surface area contributed by atoms with Crippen molar-refractivity contribution in [2.24, 2.45) is 0 Å². The molecule has 0 atom stereocenters. The topological polar surface area (TPSA) is 90.3 Å². The fourth-order valence-electron chi connectivity index (χ4n) is 4.75. The quantitative estimate of drug-likeness (QED) is 0.255. The number of amides is 1. The lowest BCUT2D eigenvalue weighted by Gasteiger charge is -2.12. The van der Waals surface area contributed by atoms with Gasteiger partial charge in [-0.05, 0) is 62.3 Å². The molecule has 0 fully saturated rings. The summed E-state index contributed by atoms with van der Waals surface area (Å²) in [4.78, 5) is 46.8. The number of fused-ring (bicyclic) bond motifs is 2. The number of nitrogens with one attached hydrogen (secondary N) is 1. The number of nitrogens with zero attached hydrogens (tertiary/aromatic N) is 2. The fourth-order valence-corrected chi connectivity index (χ4v) is 7.40. The van der Waals surface area contributed by atoms with Gasteiger partial charge in [0.1, 0.15) is 16.4 Å². The number of hydrogen-bond donors (Lipinski definition) is 1. The van der Waals surface area contributed by atoms with Gasteiger partial charge in [0.05, 0.1) is 23.9 Å². The molecule has 192 valence electrons. The summed E-state index contributed by atoms with van der Waals surface area (Å²) in [7, 11) is 0. The number of anilines is 1. The van der Waals surface area contributed by atoms with Gasteiger partial charge in [0, 0.05) is 19.8 Å². The van der Waals surface area contributed by atoms with Gasteiger partial charge in [-0.2, -0.15) is 0 Å². The van der Waals surface area contributed by atoms with Gasteiger partial charge < -0.3 is 10.1 Å². The van der Waals surface area contributed by atoms with Crippen LogP contribution in [0.3, 0.4) is 0 Å². The lowest BCUT2D eigenvalue weighted by Crippen LogP contribution is -2.28. The molecule has 0 saturated carbocycles. The Balaban J connectivity index is 1.48. The zero-order valence-electron chi connectivity index (χ0n) is 20.6. The number of hydrogen-bond acceptors (Lipinski definition) is 7. The molecule has 0 bridgehead atoms. The van der Waals surface area contributed by atoms with Crippen LogP contribution in [-0.4, -0.2) is 28.0 Å². The Morgan fingerprint density at radius 1 is 1.14 bits per heavy atom. The standard InChI is InChI=1S/C27H26BrN3O4S2/c1-3-18-21(15-9-11-16(28)12-10-15)23-24(36-18)29-14-31(26(23)33)13-20(32)30-25-22(27(34)35-4-2)17-7-5-6-8-19(17)37-25/h9-12,14H,3-8,13H2,1-2H3,(H,30,32). The number of thiophene rings is 2. The molecule has 0 unspecified atom stereocenters. The zero-order chi connectivity index (χ0) is 26.1. The van der Waals surface area contributed by atoms with Crippen LogP contribution in [-0.2, 0) is 35.3 Å². The summed E-state index contributed by atoms with van der Waals surface area (Å²) < 4.78 is 7.58. The molecule has 3 aromatic heterocycles. The third-order valence-electron chi connectivity index (χ3n) is 6.42. The van der Waals surface area contributed by atoms with E-state index >= 15 is 0 Å². The van der Waals surface area contributed by atoms with E-state index in [1.165, 1.54) is 33.6 Å². The maximum absolute atomic E-state index is 13.6. The van der Waals surface area contributed by atoms with E-state index < -0.39 is 5.97 Å². The van der Waals surface area contributed by atoms with Crippen LogP contribution in [0.25, 0.3) is 21.3 Å². The number of esters is 1. The Bertz CT molecular complexity index is 1550. The highest BCUT2D eigenvalue weighted by atomic mass is 79.9. The molecule has 1 N–H and O–H groups in total. The summed E-state index contributed by atoms with van der Waals surface area (Å²) in [6, 6.07) is 7.85. The van der Waals surface area contributed by atoms with Crippen LogP contribution in [0.5, 0.6) is 0 Å². The molecule has 1 amide bonds. The second-order valence-corrected chi connectivity index (χ2v) is 11.9. The van der Waals surface area contributed by atoms with E-state index in [0.29, 0.717) is 20.8 Å². The number of rotatable bonds is 7. The summed E-state index contributed by atoms with van der Waals surface area (Å²) in [6.07, 6.45) is 5.95. The third-order valence-corrected chi connectivity index (χ3v) is 9.40. The van der Waals surface area contributed by atoms with Gasteiger partial charge in [-0.25, -0.2) is 9.78 Å². The molecule has 0 saturated heterocycles. The number of aryl methyl sites for hydroxylation is 2. The van der Waals surface area contributed by atoms with Crippen molar-refractivity contribution < 1.29 is 14.3 Å². The monoisotopic (exact) mass is 599 g/mol. The van der Waals surface area contributed by atoms with E-state index in [1.54, 1.807) is 6.92 Å². The molecule has 0 radical (unpaired) electrons. The van der Waals surface area contributed by atoms with Crippen LogP contribution in [0.2, 0.25) is 0 Å². The maximum Gasteiger partial charge on any atom is 0.341 e. The van der Waals surface area contributed by atoms with Crippen LogP contribution in [0.1, 0.15) is 52.4 Å². The minimum atomic E-state index is -0.415. The first-order valence-corrected chi connectivity index (χ1v) is 14.7. The lowest BCUT2D eigenvalue weighted by molar-refractivity contribution is -0.116. The van der Waals surface area contributed by atoms with Crippen molar-refractivity contribution in [3.63, 3.8) is 0 Å². The number of aromatic nitrogens is 2. The summed E-state index contributed by atoms with van der Waals surface area (Å²) in [6.45, 7) is 3.88. The van der Waals surface area contributed by atoms with E-state index in [-0.39, 0.29) is 24.6 Å². The molecule has 0 aliphatic heterocycles. The predicted molar refractivity (Wildman–Crippen MR) is 152 cm³/mol. The smallest absolute Gasteiger partial charge is 0.341 e. The minimum absolute atomic E-state index is 0.205. The fraction of sp³-hybridized carbons (Fsp3) is 0.333. The lowest BCUT2D eigenvalue weighted by atomic mass is 9.95. The van der Waals surface area contributed by atoms with Crippen LogP contribution in [0.15, 0.2) is 39.9 Å². The average Bonchev–Trinajstić information content (AvgIpc) is 3.44. The molecule has 37 heavy (non-hydrogen) atoms. The van der Waals surface area contributed by atoms with E-state index in [1.807, 2.05) is 24.3 Å². The molecule has 0 spiro atoms. The Morgan fingerprint density at radius 2 is 1.89 bits per heavy atom. The van der Waals surface area contributed by atoms with Gasteiger partial charge >= 0.3 is 5.97 Å². The van der Waals surface area contributed by atoms with Crippen molar-refractivity contribution in [3.05, 3.63) is 66.3 Å². The number of carbonyl (C=O) groups excluding carboxylic acids is 2. The normalized spacial score (nSPS) is 12.9. The molecule has 7 nitrogen and oxygen atoms in total. The summed E-state index contributed by atoms with van der Waals surface area (Å²) in [5.74, 6) is -0.800. The number of benzene rings is 1. The first kappa shape index (κ1) is 25.8. The van der Waals surface area contributed by atoms with E-state index in [2.05, 4.69) is 33.2 Å². The van der Waals surface area contributed by atoms with Crippen molar-refractivity contribution in [2.45, 2.75) is 52.5 Å². The maximum atomic E-state index is 13.6. The predicted octanol–water partition coefficient (Wildman–Crippen LogP) is 6.21. The van der Waals surface area contributed by atoms with Crippen LogP contribution < -0.4 is 10.9 Å². The molecule has 3 heterocycles. The van der Waals surface area contributed by atoms with Gasteiger partial charge in [0.2, 0.25) is 5.91 Å². The molecule has 10 heteroatoms. The van der Waals surface area contributed by atoms with Crippen LogP contribution >= 0.6 is 38.6 Å². The number of ether oxygens (including phenoxy) is 1. The van der Waals surface area contributed by atoms with Crippen LogP contribution in [0.4, 0.5) is 5.00 Å². The van der Waals surface area contributed by atoms with Gasteiger partial charge in [0.25, 0.3) is 5.56 Å². The second kappa shape index (κ2) is 10.9. The summed E-state index contributed by atoms with van der Waals surface area (Å²) >= 11 is 6.40. The minimum Gasteiger partial charge on any atom is -0.462 e. The average molecular weight is 601 g/mol. The van der Waals surface area contributed by atoms with Crippen LogP contribution in [0, 0.1) is 0 Å². The molecule has 5 rings (SSSR count). The first-order valence-electron chi connectivity index (χ1n) is 12.3. The second-order valence-electron chi connectivity index (χ2n) is 8.80. The highest BCUT2D eigenvalue weighted by Gasteiger charge is 2.27. The highest BCUT2D eigenvalue weighted by molar-refractivity contribution is 9.10. The first-order chi connectivity index (χ1) is 17.9. The van der Waals surface area contributed by atoms with Gasteiger partial charge in [-0.3, -0.25) is 14.2 Å². The summed E-state index contributed by atoms with van der Waals surface area (Å²) in [5.41, 5.74) is 2.99. The highest BCUT2D eigenvalue weighted by Crippen LogP contribution is 2.39.